The van der Waals surface area contributed by atoms with E-state index in [0.717, 1.165) is 49.3 Å². The predicted molar refractivity (Wildman–Crippen MR) is 88.2 cm³/mol. The Bertz CT molecular complexity index is 463. The van der Waals surface area contributed by atoms with Crippen LogP contribution in [0.15, 0.2) is 18.2 Å². The molecule has 1 rings (SSSR count). The molecule has 0 aromatic heterocycles. The second-order valence-corrected chi connectivity index (χ2v) is 5.35. The van der Waals surface area contributed by atoms with Gasteiger partial charge in [0.25, 0.3) is 0 Å². The molecule has 0 bridgehead atoms. The second kappa shape index (κ2) is 10.1. The van der Waals surface area contributed by atoms with Crippen LogP contribution in [0.2, 0.25) is 0 Å². The topological polar surface area (TPSA) is 73.6 Å². The minimum absolute atomic E-state index is 0.0603. The van der Waals surface area contributed by atoms with Crippen molar-refractivity contribution in [1.82, 2.24) is 5.32 Å². The van der Waals surface area contributed by atoms with Crippen molar-refractivity contribution < 1.29 is 14.3 Å². The number of amides is 1. The van der Waals surface area contributed by atoms with Crippen LogP contribution in [0.1, 0.15) is 50.6 Å². The van der Waals surface area contributed by atoms with Gasteiger partial charge in [0, 0.05) is 12.0 Å². The van der Waals surface area contributed by atoms with Gasteiger partial charge in [0.15, 0.2) is 0 Å². The van der Waals surface area contributed by atoms with Gasteiger partial charge >= 0.3 is 0 Å². The molecular formula is C17H28N2O3. The van der Waals surface area contributed by atoms with E-state index < -0.39 is 0 Å². The Morgan fingerprint density at radius 3 is 2.55 bits per heavy atom. The number of unbranched alkanes of at least 4 members (excludes halogenated alkanes) is 3. The van der Waals surface area contributed by atoms with Gasteiger partial charge in [-0.05, 0) is 44.5 Å². The summed E-state index contributed by atoms with van der Waals surface area (Å²) in [6.45, 7) is 2.67. The van der Waals surface area contributed by atoms with Crippen LogP contribution >= 0.6 is 0 Å². The highest BCUT2D eigenvalue weighted by atomic mass is 16.5. The van der Waals surface area contributed by atoms with Crippen molar-refractivity contribution in [2.45, 2.75) is 45.1 Å². The Morgan fingerprint density at radius 2 is 1.91 bits per heavy atom. The fourth-order valence-electron chi connectivity index (χ4n) is 2.35. The zero-order valence-electron chi connectivity index (χ0n) is 13.9. The summed E-state index contributed by atoms with van der Waals surface area (Å²) in [6, 6.07) is 5.46. The third kappa shape index (κ3) is 5.93. The summed E-state index contributed by atoms with van der Waals surface area (Å²) in [5.74, 6) is 1.56. The van der Waals surface area contributed by atoms with Gasteiger partial charge in [-0.2, -0.15) is 0 Å². The third-order valence-electron chi connectivity index (χ3n) is 3.64. The minimum Gasteiger partial charge on any atom is -0.497 e. The zero-order valence-corrected chi connectivity index (χ0v) is 13.9. The maximum atomic E-state index is 12.0. The molecule has 0 heterocycles. The van der Waals surface area contributed by atoms with Gasteiger partial charge in [-0.15, -0.1) is 0 Å². The number of carbonyl (C=O) groups is 1. The quantitative estimate of drug-likeness (QED) is 0.652. The Balaban J connectivity index is 2.53. The summed E-state index contributed by atoms with van der Waals surface area (Å²) in [4.78, 5) is 12.0. The Labute approximate surface area is 133 Å². The number of hydrogen-bond acceptors (Lipinski definition) is 4. The molecule has 0 aliphatic heterocycles. The molecule has 1 aromatic carbocycles. The van der Waals surface area contributed by atoms with Crippen LogP contribution in [-0.4, -0.2) is 26.7 Å². The highest BCUT2D eigenvalue weighted by Gasteiger charge is 2.15. The average Bonchev–Trinajstić information content (AvgIpc) is 2.53. The van der Waals surface area contributed by atoms with Gasteiger partial charge in [0.2, 0.25) is 5.91 Å². The van der Waals surface area contributed by atoms with Gasteiger partial charge in [-0.3, -0.25) is 4.79 Å². The SMILES string of the molecule is COc1ccc(OC)c(C(C)NC(=O)CCCCCCN)c1. The number of hydrogen-bond donors (Lipinski definition) is 2. The number of ether oxygens (including phenoxy) is 2. The first-order valence-corrected chi connectivity index (χ1v) is 7.83. The summed E-state index contributed by atoms with van der Waals surface area (Å²) in [5.41, 5.74) is 6.37. The van der Waals surface area contributed by atoms with Crippen LogP contribution in [0.5, 0.6) is 11.5 Å². The molecule has 3 N–H and O–H groups in total. The lowest BCUT2D eigenvalue weighted by Gasteiger charge is -2.18. The lowest BCUT2D eigenvalue weighted by atomic mass is 10.1. The molecule has 0 aliphatic rings. The number of rotatable bonds is 10. The molecule has 124 valence electrons. The van der Waals surface area contributed by atoms with Gasteiger partial charge in [0.05, 0.1) is 20.3 Å². The van der Waals surface area contributed by atoms with E-state index in [2.05, 4.69) is 5.32 Å². The average molecular weight is 308 g/mol. The Kier molecular flexibility index (Phi) is 8.36. The van der Waals surface area contributed by atoms with Crippen molar-refractivity contribution in [2.24, 2.45) is 5.73 Å². The van der Waals surface area contributed by atoms with E-state index in [1.165, 1.54) is 0 Å². The van der Waals surface area contributed by atoms with E-state index in [0.29, 0.717) is 6.42 Å². The van der Waals surface area contributed by atoms with Crippen molar-refractivity contribution in [2.75, 3.05) is 20.8 Å². The molecule has 1 aromatic rings. The fraction of sp³-hybridized carbons (Fsp3) is 0.588. The minimum atomic E-state index is -0.124. The van der Waals surface area contributed by atoms with Crippen molar-refractivity contribution in [3.05, 3.63) is 23.8 Å². The second-order valence-electron chi connectivity index (χ2n) is 5.35. The maximum Gasteiger partial charge on any atom is 0.220 e. The molecule has 0 spiro atoms. The Morgan fingerprint density at radius 1 is 1.18 bits per heavy atom. The van der Waals surface area contributed by atoms with Crippen LogP contribution in [0.25, 0.3) is 0 Å². The first-order valence-electron chi connectivity index (χ1n) is 7.83. The number of methoxy groups -OCH3 is 2. The van der Waals surface area contributed by atoms with Crippen LogP contribution in [0.4, 0.5) is 0 Å². The van der Waals surface area contributed by atoms with Crippen molar-refractivity contribution in [3.63, 3.8) is 0 Å². The first-order chi connectivity index (χ1) is 10.6. The predicted octanol–water partition coefficient (Wildman–Crippen LogP) is 2.79. The van der Waals surface area contributed by atoms with Gasteiger partial charge in [-0.1, -0.05) is 12.8 Å². The van der Waals surface area contributed by atoms with E-state index in [-0.39, 0.29) is 11.9 Å². The highest BCUT2D eigenvalue weighted by Crippen LogP contribution is 2.29. The smallest absolute Gasteiger partial charge is 0.220 e. The normalized spacial score (nSPS) is 11.8. The molecule has 5 heteroatoms. The first kappa shape index (κ1) is 18.3. The van der Waals surface area contributed by atoms with Crippen LogP contribution in [0, 0.1) is 0 Å². The Hall–Kier alpha value is -1.75. The lowest BCUT2D eigenvalue weighted by molar-refractivity contribution is -0.121. The highest BCUT2D eigenvalue weighted by molar-refractivity contribution is 5.76. The van der Waals surface area contributed by atoms with E-state index in [9.17, 15) is 4.79 Å². The summed E-state index contributed by atoms with van der Waals surface area (Å²) in [7, 11) is 3.24. The number of nitrogens with two attached hydrogens (primary N) is 1. The van der Waals surface area contributed by atoms with Gasteiger partial charge < -0.3 is 20.5 Å². The molecule has 1 unspecified atom stereocenters. The lowest BCUT2D eigenvalue weighted by Crippen LogP contribution is -2.26. The molecule has 0 saturated heterocycles. The molecule has 1 amide bonds. The van der Waals surface area contributed by atoms with Gasteiger partial charge in [0.1, 0.15) is 11.5 Å². The van der Waals surface area contributed by atoms with Crippen molar-refractivity contribution in [3.8, 4) is 11.5 Å². The zero-order chi connectivity index (χ0) is 16.4. The van der Waals surface area contributed by atoms with Crippen LogP contribution in [0.3, 0.4) is 0 Å². The molecule has 0 saturated carbocycles. The molecule has 22 heavy (non-hydrogen) atoms. The third-order valence-corrected chi connectivity index (χ3v) is 3.64. The number of carbonyl (C=O) groups excluding carboxylic acids is 1. The molecule has 0 radical (unpaired) electrons. The maximum absolute atomic E-state index is 12.0. The van der Waals surface area contributed by atoms with E-state index in [4.69, 9.17) is 15.2 Å². The largest absolute Gasteiger partial charge is 0.497 e. The van der Waals surface area contributed by atoms with Gasteiger partial charge in [-0.25, -0.2) is 0 Å². The number of nitrogens with one attached hydrogen (secondary N) is 1. The molecular weight excluding hydrogens is 280 g/mol. The summed E-state index contributed by atoms with van der Waals surface area (Å²) in [5, 5.41) is 3.01. The molecule has 1 atom stereocenters. The standard InChI is InChI=1S/C17H28N2O3/c1-13(19-17(20)8-6-4-5-7-11-18)15-12-14(21-2)9-10-16(15)22-3/h9-10,12-13H,4-8,11,18H2,1-3H3,(H,19,20). The monoisotopic (exact) mass is 308 g/mol. The van der Waals surface area contributed by atoms with Crippen molar-refractivity contribution in [1.29, 1.82) is 0 Å². The van der Waals surface area contributed by atoms with Crippen molar-refractivity contribution >= 4 is 5.91 Å². The molecule has 0 fully saturated rings. The summed E-state index contributed by atoms with van der Waals surface area (Å²) < 4.78 is 10.6. The van der Waals surface area contributed by atoms with Crippen LogP contribution < -0.4 is 20.5 Å². The van der Waals surface area contributed by atoms with E-state index >= 15 is 0 Å². The molecule has 5 nitrogen and oxygen atoms in total. The summed E-state index contributed by atoms with van der Waals surface area (Å²) in [6.07, 6.45) is 4.60. The van der Waals surface area contributed by atoms with E-state index in [1.54, 1.807) is 14.2 Å². The van der Waals surface area contributed by atoms with E-state index in [1.807, 2.05) is 25.1 Å². The number of benzene rings is 1. The van der Waals surface area contributed by atoms with Crippen LogP contribution in [-0.2, 0) is 4.79 Å². The fourth-order valence-corrected chi connectivity index (χ4v) is 2.35. The summed E-state index contributed by atoms with van der Waals surface area (Å²) >= 11 is 0. The molecule has 0 aliphatic carbocycles.